The molecule has 4 nitrogen and oxygen atoms in total. The first-order chi connectivity index (χ1) is 10.2. The van der Waals surface area contributed by atoms with Gasteiger partial charge in [0.1, 0.15) is 12.6 Å². The van der Waals surface area contributed by atoms with Crippen LogP contribution in [-0.4, -0.2) is 43.3 Å². The molecule has 1 unspecified atom stereocenters. The molecule has 1 atom stereocenters. The van der Waals surface area contributed by atoms with Crippen LogP contribution in [0.3, 0.4) is 0 Å². The van der Waals surface area contributed by atoms with Gasteiger partial charge in [-0.3, -0.25) is 9.69 Å². The van der Waals surface area contributed by atoms with E-state index >= 15 is 0 Å². The number of nitrogens with zero attached hydrogens (tertiary/aromatic N) is 1. The molecule has 2 aliphatic rings. The lowest BCUT2D eigenvalue weighted by atomic mass is 9.90. The molecule has 0 aromatic heterocycles. The molecule has 0 radical (unpaired) electrons. The SMILES string of the molecule is CC1(COC(=O)C2CCCN2Cc2ccccc2)COC1. The minimum absolute atomic E-state index is 0.0263. The van der Waals surface area contributed by atoms with Crippen molar-refractivity contribution in [2.24, 2.45) is 5.41 Å². The molecule has 0 spiro atoms. The minimum atomic E-state index is -0.0881. The molecule has 0 aliphatic carbocycles. The van der Waals surface area contributed by atoms with Crippen molar-refractivity contribution in [2.45, 2.75) is 32.4 Å². The highest BCUT2D eigenvalue weighted by molar-refractivity contribution is 5.76. The van der Waals surface area contributed by atoms with Crippen LogP contribution in [0.5, 0.6) is 0 Å². The highest BCUT2D eigenvalue weighted by Crippen LogP contribution is 2.28. The summed E-state index contributed by atoms with van der Waals surface area (Å²) in [7, 11) is 0. The van der Waals surface area contributed by atoms with Crippen LogP contribution in [0, 0.1) is 5.41 Å². The van der Waals surface area contributed by atoms with Crippen molar-refractivity contribution >= 4 is 5.97 Å². The van der Waals surface area contributed by atoms with Crippen LogP contribution in [0.2, 0.25) is 0 Å². The van der Waals surface area contributed by atoms with Gasteiger partial charge in [0, 0.05) is 12.0 Å². The van der Waals surface area contributed by atoms with Gasteiger partial charge in [0.2, 0.25) is 0 Å². The van der Waals surface area contributed by atoms with Gasteiger partial charge in [0.15, 0.2) is 0 Å². The maximum absolute atomic E-state index is 12.3. The van der Waals surface area contributed by atoms with Crippen molar-refractivity contribution in [1.29, 1.82) is 0 Å². The molecule has 2 fully saturated rings. The fraction of sp³-hybridized carbons (Fsp3) is 0.588. The van der Waals surface area contributed by atoms with Crippen LogP contribution in [-0.2, 0) is 20.8 Å². The zero-order valence-electron chi connectivity index (χ0n) is 12.6. The average molecular weight is 289 g/mol. The van der Waals surface area contributed by atoms with Gasteiger partial charge in [-0.25, -0.2) is 0 Å². The molecule has 114 valence electrons. The number of hydrogen-bond acceptors (Lipinski definition) is 4. The van der Waals surface area contributed by atoms with Crippen molar-refractivity contribution in [3.8, 4) is 0 Å². The van der Waals surface area contributed by atoms with Crippen molar-refractivity contribution < 1.29 is 14.3 Å². The van der Waals surface area contributed by atoms with E-state index in [2.05, 4.69) is 24.0 Å². The summed E-state index contributed by atoms with van der Waals surface area (Å²) in [5.74, 6) is -0.0726. The molecule has 2 saturated heterocycles. The van der Waals surface area contributed by atoms with Gasteiger partial charge in [-0.1, -0.05) is 37.3 Å². The summed E-state index contributed by atoms with van der Waals surface area (Å²) in [6.07, 6.45) is 1.96. The average Bonchev–Trinajstić information content (AvgIpc) is 2.92. The van der Waals surface area contributed by atoms with Crippen LogP contribution >= 0.6 is 0 Å². The third-order valence-corrected chi connectivity index (χ3v) is 4.33. The first kappa shape index (κ1) is 14.5. The zero-order chi connectivity index (χ0) is 14.7. The molecule has 1 aromatic carbocycles. The lowest BCUT2D eigenvalue weighted by molar-refractivity contribution is -0.169. The topological polar surface area (TPSA) is 38.8 Å². The van der Waals surface area contributed by atoms with Gasteiger partial charge in [-0.15, -0.1) is 0 Å². The molecule has 2 aliphatic heterocycles. The number of esters is 1. The normalized spacial score (nSPS) is 24.5. The summed E-state index contributed by atoms with van der Waals surface area (Å²) in [5.41, 5.74) is 1.27. The molecule has 0 amide bonds. The standard InChI is InChI=1S/C17H23NO3/c1-17(11-20-12-17)13-21-16(19)15-8-5-9-18(15)10-14-6-3-2-4-7-14/h2-4,6-7,15H,5,8-13H2,1H3. The second-order valence-corrected chi connectivity index (χ2v) is 6.53. The van der Waals surface area contributed by atoms with Gasteiger partial charge in [-0.05, 0) is 24.9 Å². The van der Waals surface area contributed by atoms with Gasteiger partial charge < -0.3 is 9.47 Å². The lowest BCUT2D eigenvalue weighted by Gasteiger charge is -2.37. The third kappa shape index (κ3) is 3.44. The third-order valence-electron chi connectivity index (χ3n) is 4.33. The molecule has 2 heterocycles. The van der Waals surface area contributed by atoms with E-state index < -0.39 is 0 Å². The monoisotopic (exact) mass is 289 g/mol. The number of ether oxygens (including phenoxy) is 2. The van der Waals surface area contributed by atoms with Crippen molar-refractivity contribution in [3.05, 3.63) is 35.9 Å². The van der Waals surface area contributed by atoms with E-state index in [9.17, 15) is 4.79 Å². The first-order valence-electron chi connectivity index (χ1n) is 7.69. The number of carbonyl (C=O) groups is 1. The number of benzene rings is 1. The van der Waals surface area contributed by atoms with E-state index in [-0.39, 0.29) is 17.4 Å². The number of carbonyl (C=O) groups excluding carboxylic acids is 1. The first-order valence-corrected chi connectivity index (χ1v) is 7.69. The van der Waals surface area contributed by atoms with E-state index in [1.54, 1.807) is 0 Å². The Labute approximate surface area is 126 Å². The number of rotatable bonds is 5. The zero-order valence-corrected chi connectivity index (χ0v) is 12.6. The molecule has 0 bridgehead atoms. The number of hydrogen-bond donors (Lipinski definition) is 0. The maximum Gasteiger partial charge on any atom is 0.323 e. The fourth-order valence-corrected chi connectivity index (χ4v) is 2.98. The predicted molar refractivity (Wildman–Crippen MR) is 79.8 cm³/mol. The van der Waals surface area contributed by atoms with Crippen LogP contribution in [0.1, 0.15) is 25.3 Å². The largest absolute Gasteiger partial charge is 0.464 e. The van der Waals surface area contributed by atoms with E-state index in [1.165, 1.54) is 5.56 Å². The Hall–Kier alpha value is -1.39. The van der Waals surface area contributed by atoms with Crippen LogP contribution < -0.4 is 0 Å². The number of likely N-dealkylation sites (tertiary alicyclic amines) is 1. The Bertz CT molecular complexity index is 484. The van der Waals surface area contributed by atoms with Gasteiger partial charge >= 0.3 is 5.97 Å². The second-order valence-electron chi connectivity index (χ2n) is 6.53. The highest BCUT2D eigenvalue weighted by atomic mass is 16.5. The summed E-state index contributed by atoms with van der Waals surface area (Å²) in [6, 6.07) is 10.2. The molecular weight excluding hydrogens is 266 g/mol. The molecule has 4 heteroatoms. The molecular formula is C17H23NO3. The van der Waals surface area contributed by atoms with Crippen molar-refractivity contribution in [2.75, 3.05) is 26.4 Å². The van der Waals surface area contributed by atoms with Crippen molar-refractivity contribution in [1.82, 2.24) is 4.90 Å². The minimum Gasteiger partial charge on any atom is -0.464 e. The molecule has 1 aromatic rings. The Kier molecular flexibility index (Phi) is 4.27. The van der Waals surface area contributed by atoms with Crippen molar-refractivity contribution in [3.63, 3.8) is 0 Å². The van der Waals surface area contributed by atoms with E-state index in [0.29, 0.717) is 19.8 Å². The second kappa shape index (κ2) is 6.16. The van der Waals surface area contributed by atoms with E-state index in [1.807, 2.05) is 18.2 Å². The Morgan fingerprint density at radius 1 is 1.38 bits per heavy atom. The van der Waals surface area contributed by atoms with E-state index in [4.69, 9.17) is 9.47 Å². The summed E-state index contributed by atoms with van der Waals surface area (Å²) >= 11 is 0. The Morgan fingerprint density at radius 2 is 2.14 bits per heavy atom. The van der Waals surface area contributed by atoms with Crippen LogP contribution in [0.4, 0.5) is 0 Å². The predicted octanol–water partition coefficient (Wildman–Crippen LogP) is 2.23. The Morgan fingerprint density at radius 3 is 2.81 bits per heavy atom. The van der Waals surface area contributed by atoms with Crippen LogP contribution in [0.15, 0.2) is 30.3 Å². The summed E-state index contributed by atoms with van der Waals surface area (Å²) in [6.45, 7) is 5.75. The van der Waals surface area contributed by atoms with E-state index in [0.717, 1.165) is 25.9 Å². The molecule has 3 rings (SSSR count). The lowest BCUT2D eigenvalue weighted by Crippen LogP contribution is -2.46. The van der Waals surface area contributed by atoms with Gasteiger partial charge in [0.25, 0.3) is 0 Å². The fourth-order valence-electron chi connectivity index (χ4n) is 2.98. The molecule has 0 N–H and O–H groups in total. The van der Waals surface area contributed by atoms with Gasteiger partial charge in [0.05, 0.1) is 13.2 Å². The maximum atomic E-state index is 12.3. The highest BCUT2D eigenvalue weighted by Gasteiger charge is 2.37. The smallest absolute Gasteiger partial charge is 0.323 e. The quantitative estimate of drug-likeness (QED) is 0.779. The summed E-state index contributed by atoms with van der Waals surface area (Å²) in [4.78, 5) is 14.6. The molecule has 21 heavy (non-hydrogen) atoms. The Balaban J connectivity index is 1.54. The van der Waals surface area contributed by atoms with Crippen LogP contribution in [0.25, 0.3) is 0 Å². The summed E-state index contributed by atoms with van der Waals surface area (Å²) in [5, 5.41) is 0. The van der Waals surface area contributed by atoms with Gasteiger partial charge in [-0.2, -0.15) is 0 Å². The summed E-state index contributed by atoms with van der Waals surface area (Å²) < 4.78 is 10.7. The molecule has 0 saturated carbocycles.